The molecule has 1 aromatic heterocycles. The highest BCUT2D eigenvalue weighted by molar-refractivity contribution is 5.75. The highest BCUT2D eigenvalue weighted by Gasteiger charge is 2.14. The van der Waals surface area contributed by atoms with E-state index in [0.717, 1.165) is 11.3 Å². The highest BCUT2D eigenvalue weighted by Crippen LogP contribution is 2.24. The number of aromatic nitrogens is 1. The predicted octanol–water partition coefficient (Wildman–Crippen LogP) is 2.74. The average molecular weight is 221 g/mol. The van der Waals surface area contributed by atoms with E-state index >= 15 is 0 Å². The summed E-state index contributed by atoms with van der Waals surface area (Å²) < 4.78 is 5.47. The topological polar surface area (TPSA) is 39.2 Å². The Balaban J connectivity index is 2.64. The number of ether oxygens (including phenoxy) is 1. The third kappa shape index (κ3) is 4.01. The molecule has 0 radical (unpaired) electrons. The summed E-state index contributed by atoms with van der Waals surface area (Å²) in [5, 5.41) is 0. The van der Waals surface area contributed by atoms with Gasteiger partial charge in [-0.1, -0.05) is 20.8 Å². The summed E-state index contributed by atoms with van der Waals surface area (Å²) in [5.41, 5.74) is 1.19. The van der Waals surface area contributed by atoms with Crippen LogP contribution in [0.3, 0.4) is 0 Å². The Morgan fingerprint density at radius 2 is 2.06 bits per heavy atom. The second kappa shape index (κ2) is 5.10. The summed E-state index contributed by atoms with van der Waals surface area (Å²) in [5.74, 6) is 0.869. The van der Waals surface area contributed by atoms with Crippen LogP contribution in [0.2, 0.25) is 0 Å². The number of carbonyl (C=O) groups excluding carboxylic acids is 1. The summed E-state index contributed by atoms with van der Waals surface area (Å²) in [4.78, 5) is 14.9. The Morgan fingerprint density at radius 1 is 1.38 bits per heavy atom. The van der Waals surface area contributed by atoms with Crippen molar-refractivity contribution in [3.05, 3.63) is 24.0 Å². The first-order valence-electron chi connectivity index (χ1n) is 5.47. The number of pyridine rings is 1. The fraction of sp³-hybridized carbons (Fsp3) is 0.538. The van der Waals surface area contributed by atoms with Gasteiger partial charge < -0.3 is 4.74 Å². The zero-order valence-corrected chi connectivity index (χ0v) is 10.4. The van der Waals surface area contributed by atoms with Crippen LogP contribution in [0, 0.1) is 0 Å². The number of ketones is 1. The SMILES string of the molecule is CC(=O)CCOc1cncc(C(C)(C)C)c1. The van der Waals surface area contributed by atoms with E-state index in [4.69, 9.17) is 4.74 Å². The Bertz CT molecular complexity index is 366. The first-order valence-corrected chi connectivity index (χ1v) is 5.47. The average Bonchev–Trinajstić information content (AvgIpc) is 2.16. The van der Waals surface area contributed by atoms with E-state index in [1.807, 2.05) is 12.3 Å². The van der Waals surface area contributed by atoms with Crippen molar-refractivity contribution in [2.24, 2.45) is 0 Å². The maximum absolute atomic E-state index is 10.8. The van der Waals surface area contributed by atoms with Gasteiger partial charge in [0.2, 0.25) is 0 Å². The molecule has 0 aromatic carbocycles. The summed E-state index contributed by atoms with van der Waals surface area (Å²) in [6, 6.07) is 1.98. The molecule has 0 aliphatic heterocycles. The molecule has 0 aliphatic rings. The Hall–Kier alpha value is -1.38. The normalized spacial score (nSPS) is 11.2. The van der Waals surface area contributed by atoms with Gasteiger partial charge in [-0.15, -0.1) is 0 Å². The number of carbonyl (C=O) groups is 1. The molecule has 0 N–H and O–H groups in total. The molecule has 1 aromatic rings. The lowest BCUT2D eigenvalue weighted by Crippen LogP contribution is -2.12. The lowest BCUT2D eigenvalue weighted by Gasteiger charge is -2.19. The minimum Gasteiger partial charge on any atom is -0.492 e. The van der Waals surface area contributed by atoms with E-state index in [2.05, 4.69) is 25.8 Å². The van der Waals surface area contributed by atoms with E-state index in [9.17, 15) is 4.79 Å². The van der Waals surface area contributed by atoms with E-state index in [1.165, 1.54) is 0 Å². The monoisotopic (exact) mass is 221 g/mol. The molecule has 1 heterocycles. The van der Waals surface area contributed by atoms with Gasteiger partial charge in [0.05, 0.1) is 12.8 Å². The van der Waals surface area contributed by atoms with Crippen LogP contribution in [-0.4, -0.2) is 17.4 Å². The largest absolute Gasteiger partial charge is 0.492 e. The fourth-order valence-corrected chi connectivity index (χ4v) is 1.22. The van der Waals surface area contributed by atoms with Crippen molar-refractivity contribution in [1.29, 1.82) is 0 Å². The lowest BCUT2D eigenvalue weighted by molar-refractivity contribution is -0.117. The van der Waals surface area contributed by atoms with Crippen LogP contribution in [0.1, 0.15) is 39.7 Å². The molecule has 3 nitrogen and oxygen atoms in total. The van der Waals surface area contributed by atoms with Gasteiger partial charge in [-0.25, -0.2) is 0 Å². The first-order chi connectivity index (χ1) is 7.39. The van der Waals surface area contributed by atoms with Crippen molar-refractivity contribution >= 4 is 5.78 Å². The molecule has 0 saturated heterocycles. The number of nitrogens with zero attached hydrogens (tertiary/aromatic N) is 1. The second-order valence-corrected chi connectivity index (χ2v) is 4.96. The van der Waals surface area contributed by atoms with Crippen molar-refractivity contribution in [3.8, 4) is 5.75 Å². The third-order valence-electron chi connectivity index (χ3n) is 2.30. The van der Waals surface area contributed by atoms with Crippen molar-refractivity contribution < 1.29 is 9.53 Å². The van der Waals surface area contributed by atoms with Gasteiger partial charge in [-0.2, -0.15) is 0 Å². The Labute approximate surface area is 96.8 Å². The minimum atomic E-state index is 0.0624. The molecule has 0 saturated carbocycles. The van der Waals surface area contributed by atoms with Gasteiger partial charge >= 0.3 is 0 Å². The van der Waals surface area contributed by atoms with E-state index in [0.29, 0.717) is 13.0 Å². The third-order valence-corrected chi connectivity index (χ3v) is 2.30. The van der Waals surface area contributed by atoms with Crippen LogP contribution in [0.15, 0.2) is 18.5 Å². The highest BCUT2D eigenvalue weighted by atomic mass is 16.5. The van der Waals surface area contributed by atoms with Gasteiger partial charge in [-0.3, -0.25) is 9.78 Å². The molecule has 88 valence electrons. The molecule has 0 unspecified atom stereocenters. The molecule has 3 heteroatoms. The second-order valence-electron chi connectivity index (χ2n) is 4.96. The maximum Gasteiger partial charge on any atom is 0.137 e. The van der Waals surface area contributed by atoms with Crippen molar-refractivity contribution in [3.63, 3.8) is 0 Å². The quantitative estimate of drug-likeness (QED) is 0.784. The van der Waals surface area contributed by atoms with Crippen molar-refractivity contribution in [2.45, 2.75) is 39.5 Å². The van der Waals surface area contributed by atoms with Gasteiger partial charge in [-0.05, 0) is 24.0 Å². The molecule has 0 amide bonds. The van der Waals surface area contributed by atoms with Crippen molar-refractivity contribution in [2.75, 3.05) is 6.61 Å². The number of Topliss-reactive ketones (excluding diaryl/α,β-unsaturated/α-hetero) is 1. The number of hydrogen-bond acceptors (Lipinski definition) is 3. The summed E-state index contributed by atoms with van der Waals surface area (Å²) in [6.45, 7) is 8.37. The van der Waals surface area contributed by atoms with Crippen LogP contribution in [0.5, 0.6) is 5.75 Å². The predicted molar refractivity (Wildman–Crippen MR) is 63.7 cm³/mol. The smallest absolute Gasteiger partial charge is 0.137 e. The number of rotatable bonds is 4. The van der Waals surface area contributed by atoms with Crippen LogP contribution >= 0.6 is 0 Å². The maximum atomic E-state index is 10.8. The lowest BCUT2D eigenvalue weighted by atomic mass is 9.88. The van der Waals surface area contributed by atoms with Crippen LogP contribution in [-0.2, 0) is 10.2 Å². The van der Waals surface area contributed by atoms with Crippen molar-refractivity contribution in [1.82, 2.24) is 4.98 Å². The molecule has 16 heavy (non-hydrogen) atoms. The number of hydrogen-bond donors (Lipinski definition) is 0. The van der Waals surface area contributed by atoms with E-state index in [-0.39, 0.29) is 11.2 Å². The zero-order valence-electron chi connectivity index (χ0n) is 10.4. The van der Waals surface area contributed by atoms with Crippen LogP contribution < -0.4 is 4.74 Å². The standard InChI is InChI=1S/C13H19NO2/c1-10(15)5-6-16-12-7-11(8-14-9-12)13(2,3)4/h7-9H,5-6H2,1-4H3. The first kappa shape index (κ1) is 12.7. The summed E-state index contributed by atoms with van der Waals surface area (Å²) >= 11 is 0. The fourth-order valence-electron chi connectivity index (χ4n) is 1.22. The molecule has 0 aliphatic carbocycles. The van der Waals surface area contributed by atoms with Crippen LogP contribution in [0.25, 0.3) is 0 Å². The summed E-state index contributed by atoms with van der Waals surface area (Å²) in [6.07, 6.45) is 3.97. The molecule has 0 spiro atoms. The summed E-state index contributed by atoms with van der Waals surface area (Å²) in [7, 11) is 0. The molecular weight excluding hydrogens is 202 g/mol. The van der Waals surface area contributed by atoms with Crippen LogP contribution in [0.4, 0.5) is 0 Å². The van der Waals surface area contributed by atoms with E-state index < -0.39 is 0 Å². The molecular formula is C13H19NO2. The molecule has 0 fully saturated rings. The van der Waals surface area contributed by atoms with E-state index in [1.54, 1.807) is 13.1 Å². The molecule has 0 atom stereocenters. The van der Waals surface area contributed by atoms with Gasteiger partial charge in [0.25, 0.3) is 0 Å². The van der Waals surface area contributed by atoms with Gasteiger partial charge in [0.15, 0.2) is 0 Å². The van der Waals surface area contributed by atoms with Gasteiger partial charge in [0.1, 0.15) is 11.5 Å². The minimum absolute atomic E-state index is 0.0624. The zero-order chi connectivity index (χ0) is 12.2. The molecule has 1 rings (SSSR count). The Morgan fingerprint density at radius 3 is 2.62 bits per heavy atom. The molecule has 0 bridgehead atoms. The van der Waals surface area contributed by atoms with Gasteiger partial charge in [0, 0.05) is 12.6 Å². The Kier molecular flexibility index (Phi) is 4.05.